The molecule has 0 aliphatic heterocycles. The van der Waals surface area contributed by atoms with Gasteiger partial charge in [0.1, 0.15) is 0 Å². The van der Waals surface area contributed by atoms with E-state index in [0.29, 0.717) is 16.1 Å². The molecule has 1 aromatic carbocycles. The molecule has 2 N–H and O–H groups in total. The largest absolute Gasteiger partial charge is 0.329 e. The molecule has 19 heavy (non-hydrogen) atoms. The van der Waals surface area contributed by atoms with Crippen molar-refractivity contribution in [3.05, 3.63) is 45.5 Å². The molecule has 0 spiro atoms. The molecule has 0 saturated heterocycles. The summed E-state index contributed by atoms with van der Waals surface area (Å²) in [5.74, 6) is 0.621. The second kappa shape index (κ2) is 4.51. The van der Waals surface area contributed by atoms with Crippen LogP contribution >= 0.6 is 15.9 Å². The van der Waals surface area contributed by atoms with E-state index in [0.717, 1.165) is 11.1 Å². The zero-order chi connectivity index (χ0) is 13.4. The summed E-state index contributed by atoms with van der Waals surface area (Å²) in [5, 5.41) is 8.77. The van der Waals surface area contributed by atoms with Gasteiger partial charge in [-0.1, -0.05) is 0 Å². The van der Waals surface area contributed by atoms with Gasteiger partial charge in [-0.3, -0.25) is 4.79 Å². The summed E-state index contributed by atoms with van der Waals surface area (Å²) < 4.78 is 2.15. The van der Waals surface area contributed by atoms with Gasteiger partial charge in [0, 0.05) is 24.3 Å². The molecule has 0 amide bonds. The van der Waals surface area contributed by atoms with Crippen LogP contribution in [0.15, 0.2) is 40.0 Å². The van der Waals surface area contributed by atoms with Gasteiger partial charge >= 0.3 is 0 Å². The van der Waals surface area contributed by atoms with Crippen LogP contribution in [0.4, 0.5) is 11.6 Å². The fourth-order valence-corrected chi connectivity index (χ4v) is 2.27. The third-order valence-corrected chi connectivity index (χ3v) is 3.10. The fourth-order valence-electron chi connectivity index (χ4n) is 1.86. The van der Waals surface area contributed by atoms with Gasteiger partial charge in [0.2, 0.25) is 10.7 Å². The molecule has 0 atom stereocenters. The summed E-state index contributed by atoms with van der Waals surface area (Å²) in [6.45, 7) is 0. The maximum Gasteiger partial charge on any atom is 0.255 e. The van der Waals surface area contributed by atoms with Crippen LogP contribution in [0.2, 0.25) is 0 Å². The van der Waals surface area contributed by atoms with Gasteiger partial charge in [0.25, 0.3) is 5.56 Å². The van der Waals surface area contributed by atoms with Gasteiger partial charge in [0.05, 0.1) is 0 Å². The first-order valence-electron chi connectivity index (χ1n) is 5.58. The molecule has 6 nitrogen and oxygen atoms in total. The Morgan fingerprint density at radius 3 is 2.95 bits per heavy atom. The number of aromatic amines is 1. The number of hydrogen-bond donors (Lipinski definition) is 2. The van der Waals surface area contributed by atoms with Crippen molar-refractivity contribution in [2.45, 2.75) is 0 Å². The molecule has 7 heteroatoms. The monoisotopic (exact) mass is 319 g/mol. The van der Waals surface area contributed by atoms with E-state index in [1.165, 1.54) is 0 Å². The highest BCUT2D eigenvalue weighted by Gasteiger charge is 2.06. The number of nitrogens with one attached hydrogen (secondary N) is 2. The van der Waals surface area contributed by atoms with E-state index in [-0.39, 0.29) is 5.56 Å². The smallest absolute Gasteiger partial charge is 0.255 e. The van der Waals surface area contributed by atoms with Gasteiger partial charge in [-0.05, 0) is 45.6 Å². The molecule has 0 radical (unpaired) electrons. The Bertz CT molecular complexity index is 807. The van der Waals surface area contributed by atoms with E-state index in [1.54, 1.807) is 24.0 Å². The van der Waals surface area contributed by atoms with E-state index in [4.69, 9.17) is 0 Å². The molecule has 0 aliphatic rings. The first kappa shape index (κ1) is 11.9. The molecule has 0 saturated carbocycles. The zero-order valence-electron chi connectivity index (χ0n) is 10.0. The van der Waals surface area contributed by atoms with Crippen LogP contribution in [-0.4, -0.2) is 19.7 Å². The highest BCUT2D eigenvalue weighted by atomic mass is 79.9. The van der Waals surface area contributed by atoms with Crippen LogP contribution < -0.4 is 10.9 Å². The first-order chi connectivity index (χ1) is 9.13. The number of rotatable bonds is 2. The van der Waals surface area contributed by atoms with E-state index in [2.05, 4.69) is 36.3 Å². The molecule has 2 heterocycles. The molecule has 3 aromatic rings. The molecule has 0 aliphatic carbocycles. The standard InChI is InChI=1S/C12H10BrN5O/c1-18-12(16-11(13)17-18)15-8-2-3-9-7(6-8)4-5-14-10(9)19/h2-6H,1H3,(H,14,19)(H,15,16,17). The summed E-state index contributed by atoms with van der Waals surface area (Å²) in [7, 11) is 1.80. The topological polar surface area (TPSA) is 75.6 Å². The number of aromatic nitrogens is 4. The Kier molecular flexibility index (Phi) is 2.83. The Hall–Kier alpha value is -2.15. The number of benzene rings is 1. The SMILES string of the molecule is Cn1nc(Br)nc1Nc1ccc2c(=O)[nH]ccc2c1. The van der Waals surface area contributed by atoms with E-state index in [1.807, 2.05) is 18.2 Å². The summed E-state index contributed by atoms with van der Waals surface area (Å²) in [6.07, 6.45) is 1.63. The van der Waals surface area contributed by atoms with Gasteiger partial charge in [0.15, 0.2) is 0 Å². The lowest BCUT2D eigenvalue weighted by Gasteiger charge is -2.05. The number of pyridine rings is 1. The van der Waals surface area contributed by atoms with Crippen molar-refractivity contribution in [2.75, 3.05) is 5.32 Å². The lowest BCUT2D eigenvalue weighted by Crippen LogP contribution is -2.05. The minimum absolute atomic E-state index is 0.0922. The van der Waals surface area contributed by atoms with Crippen LogP contribution in [0, 0.1) is 0 Å². The quantitative estimate of drug-likeness (QED) is 0.759. The van der Waals surface area contributed by atoms with Gasteiger partial charge in [-0.2, -0.15) is 4.98 Å². The molecule has 0 fully saturated rings. The second-order valence-corrected chi connectivity index (χ2v) is 4.77. The van der Waals surface area contributed by atoms with Crippen LogP contribution in [0.3, 0.4) is 0 Å². The normalized spacial score (nSPS) is 10.8. The van der Waals surface area contributed by atoms with Crippen molar-refractivity contribution < 1.29 is 0 Å². The molecule has 3 rings (SSSR count). The number of nitrogens with zero attached hydrogens (tertiary/aromatic N) is 3. The molecule has 0 bridgehead atoms. The average Bonchev–Trinajstić information content (AvgIpc) is 2.68. The van der Waals surface area contributed by atoms with E-state index >= 15 is 0 Å². The lowest BCUT2D eigenvalue weighted by atomic mass is 10.1. The summed E-state index contributed by atoms with van der Waals surface area (Å²) >= 11 is 3.22. The fraction of sp³-hybridized carbons (Fsp3) is 0.0833. The third kappa shape index (κ3) is 2.24. The van der Waals surface area contributed by atoms with Crippen LogP contribution in [-0.2, 0) is 7.05 Å². The molecule has 0 unspecified atom stereocenters. The predicted molar refractivity (Wildman–Crippen MR) is 76.6 cm³/mol. The maximum atomic E-state index is 11.6. The molecule has 96 valence electrons. The van der Waals surface area contributed by atoms with Crippen molar-refractivity contribution >= 4 is 38.3 Å². The van der Waals surface area contributed by atoms with Crippen molar-refractivity contribution in [1.82, 2.24) is 19.7 Å². The Labute approximate surface area is 116 Å². The van der Waals surface area contributed by atoms with Crippen molar-refractivity contribution in [2.24, 2.45) is 7.05 Å². The van der Waals surface area contributed by atoms with Gasteiger partial charge < -0.3 is 10.3 Å². The van der Waals surface area contributed by atoms with E-state index in [9.17, 15) is 4.79 Å². The number of anilines is 2. The number of fused-ring (bicyclic) bond motifs is 1. The lowest BCUT2D eigenvalue weighted by molar-refractivity contribution is 0.769. The van der Waals surface area contributed by atoms with Crippen molar-refractivity contribution in [3.8, 4) is 0 Å². The number of hydrogen-bond acceptors (Lipinski definition) is 4. The Morgan fingerprint density at radius 1 is 1.37 bits per heavy atom. The number of H-pyrrole nitrogens is 1. The maximum absolute atomic E-state index is 11.6. The van der Waals surface area contributed by atoms with Crippen LogP contribution in [0.25, 0.3) is 10.8 Å². The molecular weight excluding hydrogens is 310 g/mol. The first-order valence-corrected chi connectivity index (χ1v) is 6.38. The van der Waals surface area contributed by atoms with Crippen molar-refractivity contribution in [3.63, 3.8) is 0 Å². The summed E-state index contributed by atoms with van der Waals surface area (Å²) in [6, 6.07) is 7.36. The molecule has 2 aromatic heterocycles. The number of aryl methyl sites for hydroxylation is 1. The van der Waals surface area contributed by atoms with Gasteiger partial charge in [-0.15, -0.1) is 5.10 Å². The summed E-state index contributed by atoms with van der Waals surface area (Å²) in [5.41, 5.74) is 0.756. The van der Waals surface area contributed by atoms with Crippen LogP contribution in [0.5, 0.6) is 0 Å². The predicted octanol–water partition coefficient (Wildman–Crippen LogP) is 2.16. The summed E-state index contributed by atoms with van der Waals surface area (Å²) in [4.78, 5) is 18.4. The Morgan fingerprint density at radius 2 is 2.21 bits per heavy atom. The number of halogens is 1. The van der Waals surface area contributed by atoms with Gasteiger partial charge in [-0.25, -0.2) is 4.68 Å². The second-order valence-electron chi connectivity index (χ2n) is 4.06. The average molecular weight is 320 g/mol. The van der Waals surface area contributed by atoms with Crippen LogP contribution in [0.1, 0.15) is 0 Å². The highest BCUT2D eigenvalue weighted by molar-refractivity contribution is 9.10. The highest BCUT2D eigenvalue weighted by Crippen LogP contribution is 2.19. The van der Waals surface area contributed by atoms with E-state index < -0.39 is 0 Å². The minimum Gasteiger partial charge on any atom is -0.329 e. The minimum atomic E-state index is -0.0922. The van der Waals surface area contributed by atoms with Crippen molar-refractivity contribution in [1.29, 1.82) is 0 Å². The third-order valence-electron chi connectivity index (χ3n) is 2.77. The molecular formula is C12H10BrN5O. The zero-order valence-corrected chi connectivity index (χ0v) is 11.6. The Balaban J connectivity index is 2.02.